The molecule has 1 unspecified atom stereocenters. The first-order chi connectivity index (χ1) is 7.49. The van der Waals surface area contributed by atoms with Crippen LogP contribution < -0.4 is 0 Å². The van der Waals surface area contributed by atoms with Crippen molar-refractivity contribution >= 4 is 11.9 Å². The molecule has 1 N–H and O–H groups in total. The van der Waals surface area contributed by atoms with E-state index >= 15 is 0 Å². The summed E-state index contributed by atoms with van der Waals surface area (Å²) in [4.78, 5) is 20.1. The third-order valence-electron chi connectivity index (χ3n) is 1.85. The van der Waals surface area contributed by atoms with E-state index in [4.69, 9.17) is 9.90 Å². The van der Waals surface area contributed by atoms with E-state index in [0.29, 0.717) is 0 Å². The van der Waals surface area contributed by atoms with E-state index in [2.05, 4.69) is 4.74 Å². The van der Waals surface area contributed by atoms with Gasteiger partial charge in [0.25, 0.3) is 5.97 Å². The van der Waals surface area contributed by atoms with Gasteiger partial charge >= 0.3 is 5.97 Å². The molecule has 0 aromatic heterocycles. The third kappa shape index (κ3) is 5.80. The number of carbonyl (C=O) groups is 2. The molecule has 0 aliphatic rings. The van der Waals surface area contributed by atoms with Gasteiger partial charge in [-0.25, -0.2) is 0 Å². The van der Waals surface area contributed by atoms with Crippen molar-refractivity contribution in [2.75, 3.05) is 7.11 Å². The Bertz CT molecular complexity index is 328. The van der Waals surface area contributed by atoms with Gasteiger partial charge in [0.2, 0.25) is 0 Å². The van der Waals surface area contributed by atoms with Crippen LogP contribution in [-0.2, 0) is 14.3 Å². The summed E-state index contributed by atoms with van der Waals surface area (Å²) in [6, 6.07) is 9.58. The fourth-order valence-corrected chi connectivity index (χ4v) is 1.05. The summed E-state index contributed by atoms with van der Waals surface area (Å²) in [6.45, 7) is 2.92. The number of carboxylic acids is 1. The van der Waals surface area contributed by atoms with Crippen LogP contribution in [0, 0.1) is 0 Å². The predicted molar refractivity (Wildman–Crippen MR) is 60.2 cm³/mol. The highest BCUT2D eigenvalue weighted by molar-refractivity contribution is 5.77. The molecule has 1 aromatic carbocycles. The Balaban J connectivity index is 0.000000487. The van der Waals surface area contributed by atoms with Crippen LogP contribution in [0.1, 0.15) is 25.3 Å². The Morgan fingerprint density at radius 3 is 2.06 bits per heavy atom. The van der Waals surface area contributed by atoms with E-state index in [9.17, 15) is 4.79 Å². The van der Waals surface area contributed by atoms with Crippen LogP contribution in [0.4, 0.5) is 0 Å². The number of carbonyl (C=O) groups excluding carboxylic acids is 1. The number of aliphatic carboxylic acids is 1. The zero-order chi connectivity index (χ0) is 12.6. The van der Waals surface area contributed by atoms with Crippen LogP contribution in [0.5, 0.6) is 0 Å². The fourth-order valence-electron chi connectivity index (χ4n) is 1.05. The number of rotatable bonds is 2. The summed E-state index contributed by atoms with van der Waals surface area (Å²) in [6.07, 6.45) is 0. The summed E-state index contributed by atoms with van der Waals surface area (Å²) in [7, 11) is 1.40. The number of carboxylic acid groups (broad SMARTS) is 1. The molecule has 0 aliphatic carbocycles. The molecule has 1 rings (SSSR count). The minimum absolute atomic E-state index is 0.170. The molecule has 0 saturated heterocycles. The number of methoxy groups -OCH3 is 1. The van der Waals surface area contributed by atoms with Crippen LogP contribution in [0.25, 0.3) is 0 Å². The van der Waals surface area contributed by atoms with Crippen LogP contribution in [0.2, 0.25) is 0 Å². The Hall–Kier alpha value is -1.84. The second-order valence-electron chi connectivity index (χ2n) is 3.17. The minimum atomic E-state index is -0.833. The summed E-state index contributed by atoms with van der Waals surface area (Å²) < 4.78 is 4.63. The molecule has 0 bridgehead atoms. The predicted octanol–water partition coefficient (Wildman–Crippen LogP) is 2.05. The lowest BCUT2D eigenvalue weighted by Crippen LogP contribution is -2.10. The van der Waals surface area contributed by atoms with Crippen LogP contribution in [0.3, 0.4) is 0 Å². The molecule has 1 aromatic rings. The summed E-state index contributed by atoms with van der Waals surface area (Å²) in [5.74, 6) is -1.20. The molecule has 0 heterocycles. The maximum absolute atomic E-state index is 11.1. The summed E-state index contributed by atoms with van der Waals surface area (Å²) in [5, 5.41) is 7.42. The Morgan fingerprint density at radius 2 is 1.69 bits per heavy atom. The topological polar surface area (TPSA) is 63.6 Å². The number of ether oxygens (including phenoxy) is 1. The van der Waals surface area contributed by atoms with E-state index < -0.39 is 5.97 Å². The van der Waals surface area contributed by atoms with Gasteiger partial charge < -0.3 is 9.84 Å². The maximum Gasteiger partial charge on any atom is 0.312 e. The Labute approximate surface area is 94.9 Å². The maximum atomic E-state index is 11.1. The van der Waals surface area contributed by atoms with Crippen LogP contribution >= 0.6 is 0 Å². The van der Waals surface area contributed by atoms with E-state index in [1.54, 1.807) is 0 Å². The van der Waals surface area contributed by atoms with Gasteiger partial charge in [-0.1, -0.05) is 30.3 Å². The second kappa shape index (κ2) is 7.45. The highest BCUT2D eigenvalue weighted by Crippen LogP contribution is 2.15. The highest BCUT2D eigenvalue weighted by atomic mass is 16.5. The zero-order valence-corrected chi connectivity index (χ0v) is 9.64. The molecule has 88 valence electrons. The lowest BCUT2D eigenvalue weighted by Gasteiger charge is -2.08. The number of esters is 1. The van der Waals surface area contributed by atoms with E-state index in [0.717, 1.165) is 12.5 Å². The average Bonchev–Trinajstić information content (AvgIpc) is 2.27. The molecule has 1 atom stereocenters. The fraction of sp³-hybridized carbons (Fsp3) is 0.333. The molecule has 0 amide bonds. The largest absolute Gasteiger partial charge is 0.481 e. The van der Waals surface area contributed by atoms with Crippen molar-refractivity contribution in [1.29, 1.82) is 0 Å². The molecule has 0 fully saturated rings. The number of hydrogen-bond acceptors (Lipinski definition) is 3. The van der Waals surface area contributed by atoms with Crippen LogP contribution in [-0.4, -0.2) is 24.2 Å². The summed E-state index contributed by atoms with van der Waals surface area (Å²) >= 11 is 0. The molecular weight excluding hydrogens is 208 g/mol. The van der Waals surface area contributed by atoms with Crippen molar-refractivity contribution in [3.05, 3.63) is 35.9 Å². The minimum Gasteiger partial charge on any atom is -0.481 e. The second-order valence-corrected chi connectivity index (χ2v) is 3.17. The van der Waals surface area contributed by atoms with Gasteiger partial charge in [0.1, 0.15) is 0 Å². The molecule has 0 spiro atoms. The summed E-state index contributed by atoms with van der Waals surface area (Å²) in [5.41, 5.74) is 0.990. The van der Waals surface area contributed by atoms with Crippen molar-refractivity contribution in [3.63, 3.8) is 0 Å². The van der Waals surface area contributed by atoms with E-state index in [-0.39, 0.29) is 11.9 Å². The third-order valence-corrected chi connectivity index (χ3v) is 1.85. The smallest absolute Gasteiger partial charge is 0.312 e. The van der Waals surface area contributed by atoms with E-state index in [1.807, 2.05) is 37.3 Å². The van der Waals surface area contributed by atoms with Crippen LogP contribution in [0.15, 0.2) is 30.3 Å². The van der Waals surface area contributed by atoms with Gasteiger partial charge in [-0.15, -0.1) is 0 Å². The van der Waals surface area contributed by atoms with Gasteiger partial charge in [-0.05, 0) is 12.5 Å². The first-order valence-corrected chi connectivity index (χ1v) is 4.81. The standard InChI is InChI=1S/C10H12O2.C2H4O2/c1-8(10(11)12-2)9-6-4-3-5-7-9;1-2(3)4/h3-8H,1-2H3;1H3,(H,3,4). The van der Waals surface area contributed by atoms with Gasteiger partial charge in [0.05, 0.1) is 13.0 Å². The van der Waals surface area contributed by atoms with Gasteiger partial charge in [-0.2, -0.15) is 0 Å². The van der Waals surface area contributed by atoms with Crippen molar-refractivity contribution < 1.29 is 19.4 Å². The number of benzene rings is 1. The van der Waals surface area contributed by atoms with Crippen molar-refractivity contribution in [2.24, 2.45) is 0 Å². The molecule has 4 nitrogen and oxygen atoms in total. The SMILES string of the molecule is CC(=O)O.COC(=O)C(C)c1ccccc1. The molecular formula is C12H16O4. The highest BCUT2D eigenvalue weighted by Gasteiger charge is 2.14. The van der Waals surface area contributed by atoms with Crippen molar-refractivity contribution in [1.82, 2.24) is 0 Å². The molecule has 0 aliphatic heterocycles. The van der Waals surface area contributed by atoms with E-state index in [1.165, 1.54) is 7.11 Å². The van der Waals surface area contributed by atoms with Crippen molar-refractivity contribution in [3.8, 4) is 0 Å². The van der Waals surface area contributed by atoms with Gasteiger partial charge in [0.15, 0.2) is 0 Å². The van der Waals surface area contributed by atoms with Gasteiger partial charge in [-0.3, -0.25) is 9.59 Å². The first-order valence-electron chi connectivity index (χ1n) is 4.81. The Morgan fingerprint density at radius 1 is 1.25 bits per heavy atom. The quantitative estimate of drug-likeness (QED) is 0.781. The lowest BCUT2D eigenvalue weighted by molar-refractivity contribution is -0.142. The number of hydrogen-bond donors (Lipinski definition) is 1. The molecule has 16 heavy (non-hydrogen) atoms. The molecule has 4 heteroatoms. The Kier molecular flexibility index (Phi) is 6.59. The lowest BCUT2D eigenvalue weighted by atomic mass is 10.0. The zero-order valence-electron chi connectivity index (χ0n) is 9.64. The molecule has 0 radical (unpaired) electrons. The van der Waals surface area contributed by atoms with Crippen molar-refractivity contribution in [2.45, 2.75) is 19.8 Å². The molecule has 0 saturated carbocycles. The average molecular weight is 224 g/mol. The van der Waals surface area contributed by atoms with Gasteiger partial charge in [0, 0.05) is 6.92 Å². The normalized spacial score (nSPS) is 10.7. The monoisotopic (exact) mass is 224 g/mol. The first kappa shape index (κ1) is 14.2.